The number of carbonyl (C=O) groups is 1. The van der Waals surface area contributed by atoms with Crippen molar-refractivity contribution in [3.63, 3.8) is 0 Å². The molecule has 108 valence electrons. The van der Waals surface area contributed by atoms with Crippen molar-refractivity contribution in [3.8, 4) is 0 Å². The Morgan fingerprint density at radius 3 is 2.70 bits per heavy atom. The minimum absolute atomic E-state index is 0.154. The average Bonchev–Trinajstić information content (AvgIpc) is 2.48. The van der Waals surface area contributed by atoms with E-state index in [0.717, 1.165) is 6.08 Å². The van der Waals surface area contributed by atoms with E-state index in [-0.39, 0.29) is 10.8 Å². The fraction of sp³-hybridized carbons (Fsp3) is 0.308. The van der Waals surface area contributed by atoms with Crippen molar-refractivity contribution in [1.82, 2.24) is 4.31 Å². The van der Waals surface area contributed by atoms with Gasteiger partial charge in [0.1, 0.15) is 0 Å². The molecule has 1 N–H and O–H groups in total. The molecule has 1 amide bonds. The molecule has 1 aromatic carbocycles. The van der Waals surface area contributed by atoms with Crippen LogP contribution in [0.2, 0.25) is 0 Å². The predicted molar refractivity (Wildman–Crippen MR) is 74.8 cm³/mol. The van der Waals surface area contributed by atoms with E-state index in [4.69, 9.17) is 4.74 Å². The van der Waals surface area contributed by atoms with Crippen LogP contribution in [-0.2, 0) is 19.6 Å². The largest absolute Gasteiger partial charge is 0.379 e. The molecule has 0 radical (unpaired) electrons. The second-order valence-electron chi connectivity index (χ2n) is 4.24. The number of nitrogens with zero attached hydrogens (tertiary/aromatic N) is 1. The van der Waals surface area contributed by atoms with Crippen molar-refractivity contribution in [2.24, 2.45) is 0 Å². The lowest BCUT2D eigenvalue weighted by Gasteiger charge is -2.26. The quantitative estimate of drug-likeness (QED) is 0.835. The van der Waals surface area contributed by atoms with E-state index >= 15 is 0 Å². The Bertz CT molecular complexity index is 607. The Morgan fingerprint density at radius 1 is 1.35 bits per heavy atom. The zero-order valence-corrected chi connectivity index (χ0v) is 11.7. The smallest absolute Gasteiger partial charge is 0.247 e. The summed E-state index contributed by atoms with van der Waals surface area (Å²) in [6.45, 7) is 4.82. The summed E-state index contributed by atoms with van der Waals surface area (Å²) in [7, 11) is -3.55. The van der Waals surface area contributed by atoms with Gasteiger partial charge in [0.05, 0.1) is 18.1 Å². The van der Waals surface area contributed by atoms with E-state index in [0.29, 0.717) is 32.0 Å². The second-order valence-corrected chi connectivity index (χ2v) is 6.18. The molecule has 1 fully saturated rings. The van der Waals surface area contributed by atoms with E-state index in [1.165, 1.54) is 16.4 Å². The number of amides is 1. The maximum Gasteiger partial charge on any atom is 0.247 e. The lowest BCUT2D eigenvalue weighted by molar-refractivity contribution is -0.111. The van der Waals surface area contributed by atoms with Crippen LogP contribution in [0.25, 0.3) is 0 Å². The summed E-state index contributed by atoms with van der Waals surface area (Å²) in [4.78, 5) is 11.4. The first-order chi connectivity index (χ1) is 9.54. The normalized spacial score (nSPS) is 16.6. The zero-order chi connectivity index (χ0) is 14.6. The number of morpholine rings is 1. The molecule has 2 rings (SSSR count). The number of sulfonamides is 1. The van der Waals surface area contributed by atoms with Crippen LogP contribution in [0, 0.1) is 0 Å². The van der Waals surface area contributed by atoms with Gasteiger partial charge >= 0.3 is 0 Å². The van der Waals surface area contributed by atoms with Gasteiger partial charge in [0.2, 0.25) is 15.9 Å². The summed E-state index contributed by atoms with van der Waals surface area (Å²) in [6, 6.07) is 6.16. The summed E-state index contributed by atoms with van der Waals surface area (Å²) < 4.78 is 31.4. The van der Waals surface area contributed by atoms with Gasteiger partial charge < -0.3 is 10.1 Å². The maximum absolute atomic E-state index is 12.4. The van der Waals surface area contributed by atoms with Crippen LogP contribution in [0.3, 0.4) is 0 Å². The third-order valence-electron chi connectivity index (χ3n) is 2.89. The van der Waals surface area contributed by atoms with Gasteiger partial charge in [-0.3, -0.25) is 4.79 Å². The monoisotopic (exact) mass is 296 g/mol. The van der Waals surface area contributed by atoms with Crippen LogP contribution in [0.1, 0.15) is 0 Å². The third kappa shape index (κ3) is 3.24. The van der Waals surface area contributed by atoms with Gasteiger partial charge in [-0.05, 0) is 24.3 Å². The van der Waals surface area contributed by atoms with E-state index in [2.05, 4.69) is 11.9 Å². The van der Waals surface area contributed by atoms with Crippen LogP contribution < -0.4 is 5.32 Å². The molecule has 0 bridgehead atoms. The number of nitrogens with one attached hydrogen (secondary N) is 1. The lowest BCUT2D eigenvalue weighted by atomic mass is 10.3. The molecule has 0 aliphatic carbocycles. The third-order valence-corrected chi connectivity index (χ3v) is 4.79. The molecule has 0 spiro atoms. The number of anilines is 1. The molecule has 0 atom stereocenters. The molecule has 1 saturated heterocycles. The first-order valence-corrected chi connectivity index (χ1v) is 7.59. The van der Waals surface area contributed by atoms with Gasteiger partial charge in [-0.25, -0.2) is 8.42 Å². The first kappa shape index (κ1) is 14.7. The van der Waals surface area contributed by atoms with Gasteiger partial charge in [0.15, 0.2) is 0 Å². The number of benzene rings is 1. The minimum atomic E-state index is -3.55. The highest BCUT2D eigenvalue weighted by Gasteiger charge is 2.26. The zero-order valence-electron chi connectivity index (χ0n) is 10.9. The second kappa shape index (κ2) is 6.17. The van der Waals surface area contributed by atoms with Gasteiger partial charge in [0.25, 0.3) is 0 Å². The predicted octanol–water partition coefficient (Wildman–Crippen LogP) is 0.832. The fourth-order valence-corrected chi connectivity index (χ4v) is 3.32. The van der Waals surface area contributed by atoms with Crippen LogP contribution in [0.15, 0.2) is 41.8 Å². The van der Waals surface area contributed by atoms with E-state index in [1.807, 2.05) is 0 Å². The van der Waals surface area contributed by atoms with Crippen LogP contribution in [0.5, 0.6) is 0 Å². The highest BCUT2D eigenvalue weighted by molar-refractivity contribution is 7.89. The van der Waals surface area contributed by atoms with Gasteiger partial charge in [-0.1, -0.05) is 12.6 Å². The Morgan fingerprint density at radius 2 is 2.05 bits per heavy atom. The minimum Gasteiger partial charge on any atom is -0.379 e. The summed E-state index contributed by atoms with van der Waals surface area (Å²) in [5, 5.41) is 2.54. The van der Waals surface area contributed by atoms with E-state index < -0.39 is 10.0 Å². The fourth-order valence-electron chi connectivity index (χ4n) is 1.86. The molecule has 0 unspecified atom stereocenters. The summed E-state index contributed by atoms with van der Waals surface area (Å²) in [6.07, 6.45) is 1.13. The van der Waals surface area contributed by atoms with Crippen molar-refractivity contribution >= 4 is 21.6 Å². The molecular weight excluding hydrogens is 280 g/mol. The molecule has 1 aliphatic rings. The number of hydrogen-bond donors (Lipinski definition) is 1. The summed E-state index contributed by atoms with van der Waals surface area (Å²) in [5.74, 6) is -0.383. The van der Waals surface area contributed by atoms with Gasteiger partial charge in [-0.2, -0.15) is 4.31 Å². The summed E-state index contributed by atoms with van der Waals surface area (Å²) >= 11 is 0. The molecule has 0 aromatic heterocycles. The molecule has 1 aliphatic heterocycles. The molecule has 1 heterocycles. The molecule has 6 nitrogen and oxygen atoms in total. The topological polar surface area (TPSA) is 75.7 Å². The van der Waals surface area contributed by atoms with Crippen molar-refractivity contribution in [2.75, 3.05) is 31.6 Å². The highest BCUT2D eigenvalue weighted by Crippen LogP contribution is 2.20. The Labute approximate surface area is 118 Å². The van der Waals surface area contributed by atoms with Crippen molar-refractivity contribution in [2.45, 2.75) is 4.90 Å². The first-order valence-electron chi connectivity index (χ1n) is 6.15. The van der Waals surface area contributed by atoms with Gasteiger partial charge in [-0.15, -0.1) is 0 Å². The Kier molecular flexibility index (Phi) is 4.53. The molecule has 0 saturated carbocycles. The Hall–Kier alpha value is -1.70. The standard InChI is InChI=1S/C13H16N2O4S/c1-2-13(16)14-11-4-3-5-12(10-11)20(17,18)15-6-8-19-9-7-15/h2-5,10H,1,6-9H2,(H,14,16). The van der Waals surface area contributed by atoms with Crippen molar-refractivity contribution in [1.29, 1.82) is 0 Å². The molecule has 1 aromatic rings. The lowest BCUT2D eigenvalue weighted by Crippen LogP contribution is -2.40. The molecular formula is C13H16N2O4S. The number of carbonyl (C=O) groups excluding carboxylic acids is 1. The van der Waals surface area contributed by atoms with Crippen molar-refractivity contribution < 1.29 is 17.9 Å². The number of ether oxygens (including phenoxy) is 1. The SMILES string of the molecule is C=CC(=O)Nc1cccc(S(=O)(=O)N2CCOCC2)c1. The van der Waals surface area contributed by atoms with Gasteiger partial charge in [0, 0.05) is 18.8 Å². The van der Waals surface area contributed by atoms with E-state index in [1.54, 1.807) is 12.1 Å². The van der Waals surface area contributed by atoms with Crippen molar-refractivity contribution in [3.05, 3.63) is 36.9 Å². The van der Waals surface area contributed by atoms with Crippen LogP contribution in [-0.4, -0.2) is 44.9 Å². The van der Waals surface area contributed by atoms with E-state index in [9.17, 15) is 13.2 Å². The summed E-state index contributed by atoms with van der Waals surface area (Å²) in [5.41, 5.74) is 0.421. The average molecular weight is 296 g/mol. The number of rotatable bonds is 4. The van der Waals surface area contributed by atoms with Crippen LogP contribution in [0.4, 0.5) is 5.69 Å². The number of hydrogen-bond acceptors (Lipinski definition) is 4. The molecule has 7 heteroatoms. The van der Waals surface area contributed by atoms with Crippen LogP contribution >= 0.6 is 0 Å². The highest BCUT2D eigenvalue weighted by atomic mass is 32.2. The Balaban J connectivity index is 2.25. The maximum atomic E-state index is 12.4. The molecule has 20 heavy (non-hydrogen) atoms.